The Morgan fingerprint density at radius 3 is 2.65 bits per heavy atom. The highest BCUT2D eigenvalue weighted by Gasteiger charge is 2.36. The molecule has 0 spiro atoms. The number of carbonyl (C=O) groups is 1. The summed E-state index contributed by atoms with van der Waals surface area (Å²) in [6.07, 6.45) is 10.2. The van der Waals surface area contributed by atoms with Gasteiger partial charge in [-0.05, 0) is 71.3 Å². The normalized spacial score (nSPS) is 25.9. The van der Waals surface area contributed by atoms with Crippen LogP contribution in [0.1, 0.15) is 83.7 Å². The van der Waals surface area contributed by atoms with E-state index in [1.165, 1.54) is 23.8 Å². The number of fused-ring (bicyclic) bond motifs is 1. The van der Waals surface area contributed by atoms with Crippen LogP contribution in [-0.4, -0.2) is 56.8 Å². The highest BCUT2D eigenvalue weighted by atomic mass is 16.6. The number of amides is 1. The van der Waals surface area contributed by atoms with Crippen molar-refractivity contribution in [3.05, 3.63) is 18.1 Å². The van der Waals surface area contributed by atoms with Gasteiger partial charge in [-0.1, -0.05) is 6.42 Å². The topological polar surface area (TPSA) is 87.3 Å². The summed E-state index contributed by atoms with van der Waals surface area (Å²) in [7, 11) is 0. The van der Waals surface area contributed by atoms with Gasteiger partial charge in [0.05, 0.1) is 11.5 Å². The smallest absolute Gasteiger partial charge is 0.410 e. The first-order valence-corrected chi connectivity index (χ1v) is 12.7. The van der Waals surface area contributed by atoms with Crippen molar-refractivity contribution in [2.75, 3.05) is 24.5 Å². The van der Waals surface area contributed by atoms with Gasteiger partial charge in [0.25, 0.3) is 0 Å². The Bertz CT molecular complexity index is 1110. The van der Waals surface area contributed by atoms with E-state index in [1.54, 1.807) is 6.33 Å². The van der Waals surface area contributed by atoms with Gasteiger partial charge in [-0.15, -0.1) is 0 Å². The first-order chi connectivity index (χ1) is 16.2. The summed E-state index contributed by atoms with van der Waals surface area (Å²) in [5, 5.41) is 10.7. The third kappa shape index (κ3) is 4.45. The monoisotopic (exact) mass is 464 g/mol. The van der Waals surface area contributed by atoms with Crippen LogP contribution in [0.3, 0.4) is 0 Å². The minimum atomic E-state index is -0.498. The van der Waals surface area contributed by atoms with Gasteiger partial charge in [0, 0.05) is 43.8 Å². The van der Waals surface area contributed by atoms with E-state index in [9.17, 15) is 10.1 Å². The molecule has 3 unspecified atom stereocenters. The Balaban J connectivity index is 1.45. The molecular formula is C26H36N6O2. The molecule has 2 saturated carbocycles. The molecule has 2 aromatic heterocycles. The summed E-state index contributed by atoms with van der Waals surface area (Å²) >= 11 is 0. The van der Waals surface area contributed by atoms with Gasteiger partial charge in [0.2, 0.25) is 0 Å². The SMILES string of the molecule is CC1CN(C(=O)OC(C)(C)C)CCN1c1ncnc2c1c(C1CC1)cn2C1CCCC(C#N)C1. The van der Waals surface area contributed by atoms with Crippen LogP contribution in [0.2, 0.25) is 0 Å². The molecular weight excluding hydrogens is 428 g/mol. The molecule has 0 aromatic carbocycles. The minimum Gasteiger partial charge on any atom is -0.444 e. The molecule has 5 rings (SSSR count). The van der Waals surface area contributed by atoms with Crippen LogP contribution in [0.5, 0.6) is 0 Å². The van der Waals surface area contributed by atoms with Gasteiger partial charge in [-0.2, -0.15) is 5.26 Å². The zero-order valence-electron chi connectivity index (χ0n) is 20.8. The standard InChI is InChI=1S/C26H36N6O2/c1-17-14-30(25(33)34-26(2,3)4)10-11-31(17)23-22-21(19-8-9-19)15-32(24(22)29-16-28-23)20-7-5-6-18(12-20)13-27/h15-20H,5-12,14H2,1-4H3. The van der Waals surface area contributed by atoms with E-state index in [-0.39, 0.29) is 18.1 Å². The Morgan fingerprint density at radius 2 is 1.97 bits per heavy atom. The highest BCUT2D eigenvalue weighted by molar-refractivity contribution is 5.92. The van der Waals surface area contributed by atoms with Gasteiger partial charge < -0.3 is 19.1 Å². The molecule has 3 atom stereocenters. The Kier molecular flexibility index (Phi) is 5.91. The van der Waals surface area contributed by atoms with Crippen molar-refractivity contribution in [2.24, 2.45) is 5.92 Å². The fourth-order valence-electron chi connectivity index (χ4n) is 5.60. The molecule has 1 aliphatic heterocycles. The van der Waals surface area contributed by atoms with Crippen LogP contribution in [0.4, 0.5) is 10.6 Å². The summed E-state index contributed by atoms with van der Waals surface area (Å²) in [4.78, 5) is 26.3. The lowest BCUT2D eigenvalue weighted by Crippen LogP contribution is -2.54. The summed E-state index contributed by atoms with van der Waals surface area (Å²) in [5.41, 5.74) is 1.85. The van der Waals surface area contributed by atoms with Crippen molar-refractivity contribution in [1.82, 2.24) is 19.4 Å². The van der Waals surface area contributed by atoms with Crippen molar-refractivity contribution in [2.45, 2.75) is 89.8 Å². The van der Waals surface area contributed by atoms with Gasteiger partial charge >= 0.3 is 6.09 Å². The lowest BCUT2D eigenvalue weighted by atomic mass is 9.86. The van der Waals surface area contributed by atoms with E-state index < -0.39 is 5.60 Å². The number of nitrogens with zero attached hydrogens (tertiary/aromatic N) is 6. The Labute approximate surface area is 201 Å². The molecule has 0 radical (unpaired) electrons. The number of ether oxygens (including phenoxy) is 1. The molecule has 0 N–H and O–H groups in total. The number of hydrogen-bond donors (Lipinski definition) is 0. The van der Waals surface area contributed by atoms with Crippen molar-refractivity contribution < 1.29 is 9.53 Å². The predicted molar refractivity (Wildman–Crippen MR) is 131 cm³/mol. The van der Waals surface area contributed by atoms with E-state index >= 15 is 0 Å². The van der Waals surface area contributed by atoms with Crippen LogP contribution in [0, 0.1) is 17.2 Å². The third-order valence-corrected chi connectivity index (χ3v) is 7.41. The average Bonchev–Trinajstić information content (AvgIpc) is 3.57. The van der Waals surface area contributed by atoms with Crippen molar-refractivity contribution >= 4 is 22.9 Å². The quantitative estimate of drug-likeness (QED) is 0.635. The number of carbonyl (C=O) groups excluding carboxylic acids is 1. The molecule has 2 aromatic rings. The lowest BCUT2D eigenvalue weighted by Gasteiger charge is -2.41. The first-order valence-electron chi connectivity index (χ1n) is 12.7. The van der Waals surface area contributed by atoms with Gasteiger partial charge in [-0.3, -0.25) is 0 Å². The largest absolute Gasteiger partial charge is 0.444 e. The van der Waals surface area contributed by atoms with Gasteiger partial charge in [-0.25, -0.2) is 14.8 Å². The lowest BCUT2D eigenvalue weighted by molar-refractivity contribution is 0.0218. The summed E-state index contributed by atoms with van der Waals surface area (Å²) in [6.45, 7) is 9.77. The third-order valence-electron chi connectivity index (χ3n) is 7.41. The molecule has 8 heteroatoms. The van der Waals surface area contributed by atoms with Gasteiger partial charge in [0.1, 0.15) is 23.4 Å². The number of hydrogen-bond acceptors (Lipinski definition) is 6. The second-order valence-electron chi connectivity index (χ2n) is 11.3. The van der Waals surface area contributed by atoms with E-state index in [0.29, 0.717) is 31.6 Å². The van der Waals surface area contributed by atoms with E-state index in [0.717, 1.165) is 37.1 Å². The second kappa shape index (κ2) is 8.75. The maximum atomic E-state index is 12.6. The maximum absolute atomic E-state index is 12.6. The van der Waals surface area contributed by atoms with Crippen LogP contribution in [0.25, 0.3) is 11.0 Å². The van der Waals surface area contributed by atoms with E-state index in [4.69, 9.17) is 14.7 Å². The number of nitriles is 1. The Morgan fingerprint density at radius 1 is 1.18 bits per heavy atom. The van der Waals surface area contributed by atoms with Crippen LogP contribution in [-0.2, 0) is 4.74 Å². The molecule has 1 saturated heterocycles. The number of piperazine rings is 1. The van der Waals surface area contributed by atoms with Crippen molar-refractivity contribution in [1.29, 1.82) is 5.26 Å². The van der Waals surface area contributed by atoms with Crippen LogP contribution >= 0.6 is 0 Å². The number of anilines is 1. The van der Waals surface area contributed by atoms with Gasteiger partial charge in [0.15, 0.2) is 0 Å². The first kappa shape index (κ1) is 22.9. The number of aromatic nitrogens is 3. The molecule has 2 aliphatic carbocycles. The molecule has 34 heavy (non-hydrogen) atoms. The molecule has 8 nitrogen and oxygen atoms in total. The minimum absolute atomic E-state index is 0.118. The summed E-state index contributed by atoms with van der Waals surface area (Å²) < 4.78 is 7.95. The van der Waals surface area contributed by atoms with E-state index in [1.807, 2.05) is 25.7 Å². The fourth-order valence-corrected chi connectivity index (χ4v) is 5.60. The highest BCUT2D eigenvalue weighted by Crippen LogP contribution is 2.47. The van der Waals surface area contributed by atoms with Crippen LogP contribution in [0.15, 0.2) is 12.5 Å². The maximum Gasteiger partial charge on any atom is 0.410 e. The second-order valence-corrected chi connectivity index (χ2v) is 11.3. The zero-order chi connectivity index (χ0) is 24.0. The van der Waals surface area contributed by atoms with Crippen molar-refractivity contribution in [3.8, 4) is 6.07 Å². The Hall–Kier alpha value is -2.82. The number of rotatable bonds is 3. The summed E-state index contributed by atoms with van der Waals surface area (Å²) in [5.74, 6) is 1.68. The molecule has 3 aliphatic rings. The molecule has 182 valence electrons. The zero-order valence-corrected chi connectivity index (χ0v) is 20.8. The fraction of sp³-hybridized carbons (Fsp3) is 0.692. The van der Waals surface area contributed by atoms with Crippen LogP contribution < -0.4 is 4.90 Å². The van der Waals surface area contributed by atoms with E-state index in [2.05, 4.69) is 28.7 Å². The molecule has 3 heterocycles. The molecule has 3 fully saturated rings. The predicted octanol–water partition coefficient (Wildman–Crippen LogP) is 5.01. The summed E-state index contributed by atoms with van der Waals surface area (Å²) in [6, 6.07) is 2.93. The molecule has 0 bridgehead atoms. The average molecular weight is 465 g/mol. The molecule has 1 amide bonds. The van der Waals surface area contributed by atoms with Crippen molar-refractivity contribution in [3.63, 3.8) is 0 Å².